The fraction of sp³-hybridized carbons (Fsp3) is 0.902. The number of aliphatic hydroxyl groups is 7. The molecule has 0 saturated heterocycles. The molecule has 1 saturated carbocycles. The van der Waals surface area contributed by atoms with E-state index in [9.17, 15) is 50.0 Å². The second-order valence-electron chi connectivity index (χ2n) is 18.9. The van der Waals surface area contributed by atoms with Gasteiger partial charge in [-0.2, -0.15) is 0 Å². The Balaban J connectivity index is 2.48. The number of nitrogens with one attached hydrogen (secondary N) is 1. The number of phosphoric acid groups is 1. The molecule has 1 amide bonds. The van der Waals surface area contributed by atoms with Gasteiger partial charge in [-0.3, -0.25) is 13.8 Å². The minimum atomic E-state index is -5.15. The molecule has 14 heteroatoms. The molecule has 13 nitrogen and oxygen atoms in total. The van der Waals surface area contributed by atoms with Crippen molar-refractivity contribution in [2.24, 2.45) is 0 Å². The van der Waals surface area contributed by atoms with Crippen LogP contribution in [0.2, 0.25) is 0 Å². The topological polar surface area (TPSA) is 226 Å². The lowest BCUT2D eigenvalue weighted by atomic mass is 9.85. The number of carbonyl (C=O) groups excluding carboxylic acids is 1. The summed E-state index contributed by atoms with van der Waals surface area (Å²) in [5, 5.41) is 74.6. The molecule has 0 aromatic rings. The van der Waals surface area contributed by atoms with Crippen LogP contribution in [0.5, 0.6) is 0 Å². The molecule has 384 valence electrons. The van der Waals surface area contributed by atoms with Crippen LogP contribution in [0.25, 0.3) is 0 Å². The minimum absolute atomic E-state index is 0.248. The smallest absolute Gasteiger partial charge is 0.393 e. The summed E-state index contributed by atoms with van der Waals surface area (Å²) in [6.07, 6.45) is 32.6. The number of hydrogen-bond acceptors (Lipinski definition) is 11. The Bertz CT molecular complexity index is 1210. The van der Waals surface area contributed by atoms with E-state index in [0.29, 0.717) is 12.8 Å². The number of rotatable bonds is 44. The molecule has 1 aliphatic carbocycles. The zero-order valence-corrected chi connectivity index (χ0v) is 41.8. The van der Waals surface area contributed by atoms with Crippen molar-refractivity contribution in [2.75, 3.05) is 6.61 Å². The first-order chi connectivity index (χ1) is 31.3. The van der Waals surface area contributed by atoms with Gasteiger partial charge in [0.15, 0.2) is 0 Å². The monoisotopic (exact) mass is 948 g/mol. The summed E-state index contributed by atoms with van der Waals surface area (Å²) in [7, 11) is -5.15. The fourth-order valence-corrected chi connectivity index (χ4v) is 9.46. The van der Waals surface area contributed by atoms with Gasteiger partial charge in [0.1, 0.15) is 36.6 Å². The first-order valence-electron chi connectivity index (χ1n) is 26.4. The van der Waals surface area contributed by atoms with Crippen LogP contribution in [0.15, 0.2) is 24.3 Å². The molecule has 0 aromatic heterocycles. The quantitative estimate of drug-likeness (QED) is 0.0158. The maximum atomic E-state index is 13.0. The molecule has 0 aliphatic heterocycles. The summed E-state index contributed by atoms with van der Waals surface area (Å²) in [6.45, 7) is 3.75. The van der Waals surface area contributed by atoms with Crippen LogP contribution in [0.4, 0.5) is 0 Å². The van der Waals surface area contributed by atoms with E-state index in [4.69, 9.17) is 9.05 Å². The van der Waals surface area contributed by atoms with Gasteiger partial charge in [0.05, 0.1) is 31.3 Å². The van der Waals surface area contributed by atoms with Crippen molar-refractivity contribution in [2.45, 2.75) is 287 Å². The average molecular weight is 948 g/mol. The van der Waals surface area contributed by atoms with Crippen LogP contribution in [0, 0.1) is 0 Å². The average Bonchev–Trinajstić information content (AvgIpc) is 3.28. The lowest BCUT2D eigenvalue weighted by molar-refractivity contribution is -0.220. The van der Waals surface area contributed by atoms with Gasteiger partial charge in [0.25, 0.3) is 0 Å². The molecule has 9 N–H and O–H groups in total. The van der Waals surface area contributed by atoms with Gasteiger partial charge in [0.2, 0.25) is 5.91 Å². The SMILES string of the molecule is CCCCCCCCCCCC/C=C/CC/C=C/C(O)C(COP(=O)(O)OC1C(O)C(O)C(O)C(O)C1O)NC(=O)CC(O)CCCCCCCCCCCCCCCCCCCCC. The van der Waals surface area contributed by atoms with Crippen LogP contribution < -0.4 is 5.32 Å². The molecule has 8 atom stereocenters. The zero-order valence-electron chi connectivity index (χ0n) is 40.9. The van der Waals surface area contributed by atoms with E-state index in [-0.39, 0.29) is 6.42 Å². The Morgan fingerprint density at radius 1 is 0.538 bits per heavy atom. The minimum Gasteiger partial charge on any atom is -0.393 e. The number of aliphatic hydroxyl groups excluding tert-OH is 7. The summed E-state index contributed by atoms with van der Waals surface area (Å²) in [5.41, 5.74) is 0. The second kappa shape index (κ2) is 40.6. The van der Waals surface area contributed by atoms with Crippen LogP contribution in [0.3, 0.4) is 0 Å². The van der Waals surface area contributed by atoms with E-state index in [2.05, 4.69) is 31.3 Å². The third-order valence-electron chi connectivity index (χ3n) is 12.8. The Morgan fingerprint density at radius 3 is 1.35 bits per heavy atom. The predicted octanol–water partition coefficient (Wildman–Crippen LogP) is 9.93. The molecule has 1 aliphatic rings. The first-order valence-corrected chi connectivity index (χ1v) is 27.9. The fourth-order valence-electron chi connectivity index (χ4n) is 8.49. The molecular weight excluding hydrogens is 850 g/mol. The second-order valence-corrected chi connectivity index (χ2v) is 20.3. The lowest BCUT2D eigenvalue weighted by Crippen LogP contribution is -2.64. The lowest BCUT2D eigenvalue weighted by Gasteiger charge is -2.41. The number of unbranched alkanes of at least 4 members (excludes halogenated alkanes) is 29. The number of amides is 1. The van der Waals surface area contributed by atoms with Gasteiger partial charge in [-0.1, -0.05) is 218 Å². The third kappa shape index (κ3) is 32.3. The van der Waals surface area contributed by atoms with Gasteiger partial charge in [0, 0.05) is 0 Å². The normalized spacial score (nSPS) is 22.7. The third-order valence-corrected chi connectivity index (χ3v) is 13.8. The van der Waals surface area contributed by atoms with Crippen LogP contribution in [0.1, 0.15) is 232 Å². The molecule has 0 heterocycles. The zero-order chi connectivity index (χ0) is 48.0. The Kier molecular flexibility index (Phi) is 38.6. The van der Waals surface area contributed by atoms with Gasteiger partial charge >= 0.3 is 7.82 Å². The van der Waals surface area contributed by atoms with Gasteiger partial charge in [-0.15, -0.1) is 0 Å². The van der Waals surface area contributed by atoms with E-state index >= 15 is 0 Å². The van der Waals surface area contributed by atoms with Crippen molar-refractivity contribution in [3.8, 4) is 0 Å². The van der Waals surface area contributed by atoms with E-state index < -0.39 is 75.2 Å². The van der Waals surface area contributed by atoms with Crippen molar-refractivity contribution in [3.63, 3.8) is 0 Å². The largest absolute Gasteiger partial charge is 0.472 e. The highest BCUT2D eigenvalue weighted by Crippen LogP contribution is 2.47. The van der Waals surface area contributed by atoms with Gasteiger partial charge < -0.3 is 46.0 Å². The molecule has 0 radical (unpaired) electrons. The molecule has 0 bridgehead atoms. The van der Waals surface area contributed by atoms with Gasteiger partial charge in [-0.25, -0.2) is 4.57 Å². The maximum Gasteiger partial charge on any atom is 0.472 e. The van der Waals surface area contributed by atoms with Crippen LogP contribution >= 0.6 is 7.82 Å². The summed E-state index contributed by atoms with van der Waals surface area (Å²) in [4.78, 5) is 23.5. The highest BCUT2D eigenvalue weighted by atomic mass is 31.2. The van der Waals surface area contributed by atoms with E-state index in [1.54, 1.807) is 6.08 Å². The van der Waals surface area contributed by atoms with E-state index in [1.165, 1.54) is 160 Å². The molecule has 0 spiro atoms. The molecular formula is C51H98NO12P. The van der Waals surface area contributed by atoms with Crippen LogP contribution in [-0.4, -0.2) is 108 Å². The summed E-state index contributed by atoms with van der Waals surface area (Å²) in [5.74, 6) is -0.599. The van der Waals surface area contributed by atoms with E-state index in [0.717, 1.165) is 44.9 Å². The number of carbonyl (C=O) groups is 1. The number of hydrogen-bond donors (Lipinski definition) is 9. The van der Waals surface area contributed by atoms with Crippen molar-refractivity contribution in [1.82, 2.24) is 5.32 Å². The molecule has 65 heavy (non-hydrogen) atoms. The summed E-state index contributed by atoms with van der Waals surface area (Å²) >= 11 is 0. The molecule has 8 unspecified atom stereocenters. The highest BCUT2D eigenvalue weighted by molar-refractivity contribution is 7.47. The summed E-state index contributed by atoms with van der Waals surface area (Å²) < 4.78 is 22.9. The Labute approximate surface area is 394 Å². The first kappa shape index (κ1) is 61.8. The number of allylic oxidation sites excluding steroid dienone is 3. The van der Waals surface area contributed by atoms with Crippen molar-refractivity contribution in [3.05, 3.63) is 24.3 Å². The standard InChI is InChI=1S/C51H98NO12P/c1-3-5-7-9-11-13-15-17-19-21-22-23-24-26-28-30-32-34-36-38-42(53)40-45(55)52-43(41-63-65(61,62)64-51-49(59)47(57)46(56)48(58)50(51)60)44(54)39-37-35-33-31-29-27-25-20-18-16-14-12-10-8-6-4-2/h29,31,37,39,42-44,46-51,53-54,56-60H,3-28,30,32-36,38,40-41H2,1-2H3,(H,52,55)(H,61,62)/b31-29+,39-37+. The van der Waals surface area contributed by atoms with Gasteiger partial charge in [-0.05, 0) is 32.1 Å². The molecule has 1 rings (SSSR count). The summed E-state index contributed by atoms with van der Waals surface area (Å²) in [6, 6.07) is -1.25. The maximum absolute atomic E-state index is 13.0. The highest BCUT2D eigenvalue weighted by Gasteiger charge is 2.51. The van der Waals surface area contributed by atoms with E-state index in [1.807, 2.05) is 0 Å². The Morgan fingerprint density at radius 2 is 0.908 bits per heavy atom. The Hall–Kier alpha value is -1.22. The predicted molar refractivity (Wildman–Crippen MR) is 261 cm³/mol. The van der Waals surface area contributed by atoms with Crippen molar-refractivity contribution < 1.29 is 59.0 Å². The molecule has 1 fully saturated rings. The van der Waals surface area contributed by atoms with Crippen molar-refractivity contribution in [1.29, 1.82) is 0 Å². The number of phosphoric ester groups is 1. The van der Waals surface area contributed by atoms with Crippen LogP contribution in [-0.2, 0) is 18.4 Å². The van der Waals surface area contributed by atoms with Crippen molar-refractivity contribution >= 4 is 13.7 Å². The molecule has 0 aromatic carbocycles.